The van der Waals surface area contributed by atoms with E-state index in [4.69, 9.17) is 23.2 Å². The van der Waals surface area contributed by atoms with Gasteiger partial charge in [-0.1, -0.05) is 23.2 Å². The lowest BCUT2D eigenvalue weighted by molar-refractivity contribution is 0.0933. The number of hydrogen-bond acceptors (Lipinski definition) is 2. The molecule has 80 valence electrons. The third-order valence-electron chi connectivity index (χ3n) is 2.45. The van der Waals surface area contributed by atoms with Crippen molar-refractivity contribution >= 4 is 40.7 Å². The molecular weight excluding hydrogens is 251 g/mol. The largest absolute Gasteiger partial charge is 0.294 e. The number of halogens is 2. The van der Waals surface area contributed by atoms with E-state index in [1.54, 1.807) is 18.2 Å². The maximum Gasteiger partial charge on any atom is 0.166 e. The van der Waals surface area contributed by atoms with E-state index in [0.29, 0.717) is 15.6 Å². The molecule has 0 radical (unpaired) electrons. The molecule has 0 amide bonds. The average molecular weight is 261 g/mol. The van der Waals surface area contributed by atoms with E-state index in [0.717, 1.165) is 17.9 Å². The molecular formula is C11H10Cl2OS. The summed E-state index contributed by atoms with van der Waals surface area (Å²) in [7, 11) is 0. The van der Waals surface area contributed by atoms with Gasteiger partial charge in [-0.2, -0.15) is 11.8 Å². The third-order valence-corrected chi connectivity index (χ3v) is 4.05. The molecule has 1 heterocycles. The molecule has 0 aromatic heterocycles. The summed E-state index contributed by atoms with van der Waals surface area (Å²) in [6, 6.07) is 5.03. The second-order valence-corrected chi connectivity index (χ2v) is 5.61. The Hall–Kier alpha value is -0.180. The fourth-order valence-corrected chi connectivity index (χ4v) is 3.42. The molecule has 1 saturated heterocycles. The summed E-state index contributed by atoms with van der Waals surface area (Å²) in [4.78, 5) is 12.0. The van der Waals surface area contributed by atoms with Gasteiger partial charge in [-0.05, 0) is 30.4 Å². The maximum atomic E-state index is 12.0. The van der Waals surface area contributed by atoms with Crippen molar-refractivity contribution in [1.29, 1.82) is 0 Å². The van der Waals surface area contributed by atoms with Crippen LogP contribution in [0.2, 0.25) is 10.0 Å². The zero-order valence-electron chi connectivity index (χ0n) is 8.00. The summed E-state index contributed by atoms with van der Waals surface area (Å²) in [5.41, 5.74) is 0.639. The van der Waals surface area contributed by atoms with E-state index in [2.05, 4.69) is 0 Å². The fraction of sp³-hybridized carbons (Fsp3) is 0.364. The van der Waals surface area contributed by atoms with Crippen LogP contribution in [-0.4, -0.2) is 17.3 Å². The molecule has 1 nitrogen and oxygen atoms in total. The Kier molecular flexibility index (Phi) is 3.60. The topological polar surface area (TPSA) is 17.1 Å². The van der Waals surface area contributed by atoms with Crippen molar-refractivity contribution in [1.82, 2.24) is 0 Å². The molecule has 4 heteroatoms. The number of Topliss-reactive ketones (excluding diaryl/α,β-unsaturated/α-hetero) is 1. The molecule has 0 N–H and O–H groups in total. The number of thioether (sulfide) groups is 1. The quantitative estimate of drug-likeness (QED) is 0.750. The van der Waals surface area contributed by atoms with Gasteiger partial charge in [0.15, 0.2) is 5.78 Å². The van der Waals surface area contributed by atoms with Gasteiger partial charge in [-0.3, -0.25) is 4.79 Å². The van der Waals surface area contributed by atoms with Crippen LogP contribution in [0, 0.1) is 5.92 Å². The molecule has 1 aliphatic rings. The Morgan fingerprint density at radius 1 is 1.27 bits per heavy atom. The summed E-state index contributed by atoms with van der Waals surface area (Å²) >= 11 is 13.5. The Morgan fingerprint density at radius 3 is 2.47 bits per heavy atom. The highest BCUT2D eigenvalue weighted by atomic mass is 35.5. The number of rotatable bonds is 2. The molecule has 2 rings (SSSR count). The van der Waals surface area contributed by atoms with Crippen molar-refractivity contribution in [3.63, 3.8) is 0 Å². The van der Waals surface area contributed by atoms with E-state index >= 15 is 0 Å². The molecule has 1 unspecified atom stereocenters. The van der Waals surface area contributed by atoms with Crippen LogP contribution >= 0.6 is 35.0 Å². The Bertz CT molecular complexity index is 366. The highest BCUT2D eigenvalue weighted by molar-refractivity contribution is 7.99. The molecule has 15 heavy (non-hydrogen) atoms. The standard InChI is InChI=1S/C11H10Cl2OS/c12-9-3-8(4-10(13)5-9)11(14)7-1-2-15-6-7/h3-5,7H,1-2,6H2. The van der Waals surface area contributed by atoms with Gasteiger partial charge < -0.3 is 0 Å². The van der Waals surface area contributed by atoms with Crippen LogP contribution < -0.4 is 0 Å². The minimum Gasteiger partial charge on any atom is -0.294 e. The fourth-order valence-electron chi connectivity index (χ4n) is 1.67. The minimum absolute atomic E-state index is 0.143. The van der Waals surface area contributed by atoms with Crippen LogP contribution in [0.5, 0.6) is 0 Å². The molecule has 0 spiro atoms. The second kappa shape index (κ2) is 4.77. The van der Waals surface area contributed by atoms with Crippen molar-refractivity contribution in [2.75, 3.05) is 11.5 Å². The lowest BCUT2D eigenvalue weighted by Gasteiger charge is -2.07. The van der Waals surface area contributed by atoms with Gasteiger partial charge in [-0.25, -0.2) is 0 Å². The molecule has 1 atom stereocenters. The van der Waals surface area contributed by atoms with Crippen molar-refractivity contribution in [3.8, 4) is 0 Å². The van der Waals surface area contributed by atoms with Crippen LogP contribution in [0.25, 0.3) is 0 Å². The zero-order chi connectivity index (χ0) is 10.8. The predicted octanol–water partition coefficient (Wildman–Crippen LogP) is 3.93. The zero-order valence-corrected chi connectivity index (χ0v) is 10.3. The Labute approximate surface area is 103 Å². The van der Waals surface area contributed by atoms with E-state index in [1.165, 1.54) is 0 Å². The van der Waals surface area contributed by atoms with Gasteiger partial charge in [0.05, 0.1) is 0 Å². The van der Waals surface area contributed by atoms with Crippen LogP contribution in [0.4, 0.5) is 0 Å². The van der Waals surface area contributed by atoms with Gasteiger partial charge in [-0.15, -0.1) is 0 Å². The molecule has 1 aromatic carbocycles. The normalized spacial score (nSPS) is 20.5. The van der Waals surface area contributed by atoms with Crippen LogP contribution in [0.3, 0.4) is 0 Å². The number of carbonyl (C=O) groups excluding carboxylic acids is 1. The first-order valence-electron chi connectivity index (χ1n) is 4.75. The Balaban J connectivity index is 2.24. The summed E-state index contributed by atoms with van der Waals surface area (Å²) in [5.74, 6) is 2.31. The third kappa shape index (κ3) is 2.68. The Morgan fingerprint density at radius 2 is 1.93 bits per heavy atom. The number of carbonyl (C=O) groups is 1. The van der Waals surface area contributed by atoms with E-state index in [9.17, 15) is 4.79 Å². The van der Waals surface area contributed by atoms with Gasteiger partial charge >= 0.3 is 0 Å². The van der Waals surface area contributed by atoms with Crippen molar-refractivity contribution < 1.29 is 4.79 Å². The van der Waals surface area contributed by atoms with Crippen molar-refractivity contribution in [3.05, 3.63) is 33.8 Å². The molecule has 1 aliphatic heterocycles. The minimum atomic E-state index is 0.143. The van der Waals surface area contributed by atoms with Gasteiger partial charge in [0.25, 0.3) is 0 Å². The lowest BCUT2D eigenvalue weighted by Crippen LogP contribution is -2.13. The summed E-state index contributed by atoms with van der Waals surface area (Å²) in [5, 5.41) is 1.05. The van der Waals surface area contributed by atoms with Gasteiger partial charge in [0.1, 0.15) is 0 Å². The first kappa shape index (κ1) is 11.3. The highest BCUT2D eigenvalue weighted by Crippen LogP contribution is 2.28. The van der Waals surface area contributed by atoms with Crippen LogP contribution in [-0.2, 0) is 0 Å². The molecule has 0 aliphatic carbocycles. The number of hydrogen-bond donors (Lipinski definition) is 0. The predicted molar refractivity (Wildman–Crippen MR) is 66.2 cm³/mol. The second-order valence-electron chi connectivity index (χ2n) is 3.58. The maximum absolute atomic E-state index is 12.0. The van der Waals surface area contributed by atoms with Crippen molar-refractivity contribution in [2.45, 2.75) is 6.42 Å². The van der Waals surface area contributed by atoms with E-state index in [-0.39, 0.29) is 11.7 Å². The summed E-state index contributed by atoms with van der Waals surface area (Å²) in [6.45, 7) is 0. The van der Waals surface area contributed by atoms with Crippen LogP contribution in [0.15, 0.2) is 18.2 Å². The smallest absolute Gasteiger partial charge is 0.166 e. The number of ketones is 1. The van der Waals surface area contributed by atoms with E-state index in [1.807, 2.05) is 11.8 Å². The average Bonchev–Trinajstić information content (AvgIpc) is 2.67. The lowest BCUT2D eigenvalue weighted by atomic mass is 9.97. The molecule has 1 aromatic rings. The monoisotopic (exact) mass is 260 g/mol. The van der Waals surface area contributed by atoms with Gasteiger partial charge in [0, 0.05) is 27.3 Å². The first-order chi connectivity index (χ1) is 7.16. The number of benzene rings is 1. The van der Waals surface area contributed by atoms with Gasteiger partial charge in [0.2, 0.25) is 0 Å². The molecule has 0 bridgehead atoms. The SMILES string of the molecule is O=C(c1cc(Cl)cc(Cl)c1)C1CCSC1. The molecule has 0 saturated carbocycles. The molecule has 1 fully saturated rings. The first-order valence-corrected chi connectivity index (χ1v) is 6.66. The van der Waals surface area contributed by atoms with E-state index < -0.39 is 0 Å². The van der Waals surface area contributed by atoms with Crippen molar-refractivity contribution in [2.24, 2.45) is 5.92 Å². The highest BCUT2D eigenvalue weighted by Gasteiger charge is 2.24. The summed E-state index contributed by atoms with van der Waals surface area (Å²) in [6.07, 6.45) is 0.966. The van der Waals surface area contributed by atoms with Crippen LogP contribution in [0.1, 0.15) is 16.8 Å². The summed E-state index contributed by atoms with van der Waals surface area (Å²) < 4.78 is 0.